The molecule has 3 N–H and O–H groups in total. The lowest BCUT2D eigenvalue weighted by Crippen LogP contribution is -2.13. The number of nitrogen functional groups attached to an aromatic ring is 1. The maximum Gasteiger partial charge on any atom is 0.132 e. The maximum atomic E-state index is 7.55. The molecule has 0 aromatic heterocycles. The summed E-state index contributed by atoms with van der Waals surface area (Å²) >= 11 is 6.03. The minimum Gasteiger partial charge on any atom is -0.488 e. The standard InChI is InChI=1S/C15H15ClN2O/c1-10-4-2-5-11(8-10)9-19-13-7-3-6-12(16)14(13)15(17)18/h2-8H,9H2,1H3,(H3,17,18). The van der Waals surface area contributed by atoms with Crippen LogP contribution in [0.4, 0.5) is 0 Å². The predicted molar refractivity (Wildman–Crippen MR) is 78.0 cm³/mol. The first-order valence-corrected chi connectivity index (χ1v) is 6.27. The monoisotopic (exact) mass is 274 g/mol. The van der Waals surface area contributed by atoms with Gasteiger partial charge in [-0.25, -0.2) is 0 Å². The second-order valence-corrected chi connectivity index (χ2v) is 4.71. The van der Waals surface area contributed by atoms with Crippen molar-refractivity contribution in [3.05, 3.63) is 64.2 Å². The van der Waals surface area contributed by atoms with Crippen LogP contribution in [-0.2, 0) is 6.61 Å². The molecular formula is C15H15ClN2O. The van der Waals surface area contributed by atoms with Crippen molar-refractivity contribution in [2.24, 2.45) is 5.73 Å². The van der Waals surface area contributed by atoms with E-state index in [1.165, 1.54) is 5.56 Å². The van der Waals surface area contributed by atoms with Gasteiger partial charge < -0.3 is 10.5 Å². The molecule has 0 fully saturated rings. The molecule has 0 bridgehead atoms. The van der Waals surface area contributed by atoms with Crippen LogP contribution in [0, 0.1) is 12.3 Å². The van der Waals surface area contributed by atoms with Crippen LogP contribution in [0.25, 0.3) is 0 Å². The van der Waals surface area contributed by atoms with Crippen molar-refractivity contribution in [3.63, 3.8) is 0 Å². The first-order chi connectivity index (χ1) is 9.08. The average molecular weight is 275 g/mol. The fraction of sp³-hybridized carbons (Fsp3) is 0.133. The highest BCUT2D eigenvalue weighted by molar-refractivity contribution is 6.34. The highest BCUT2D eigenvalue weighted by Crippen LogP contribution is 2.26. The number of aryl methyl sites for hydroxylation is 1. The number of ether oxygens (including phenoxy) is 1. The van der Waals surface area contributed by atoms with E-state index < -0.39 is 0 Å². The molecule has 3 nitrogen and oxygen atoms in total. The molecule has 0 saturated carbocycles. The average Bonchev–Trinajstić information content (AvgIpc) is 2.36. The Morgan fingerprint density at radius 3 is 2.68 bits per heavy atom. The summed E-state index contributed by atoms with van der Waals surface area (Å²) in [6, 6.07) is 13.3. The topological polar surface area (TPSA) is 59.1 Å². The summed E-state index contributed by atoms with van der Waals surface area (Å²) in [5.74, 6) is 0.436. The molecule has 0 aliphatic heterocycles. The molecule has 0 atom stereocenters. The molecule has 19 heavy (non-hydrogen) atoms. The molecule has 0 heterocycles. The fourth-order valence-corrected chi connectivity index (χ4v) is 2.12. The van der Waals surface area contributed by atoms with E-state index in [1.54, 1.807) is 18.2 Å². The van der Waals surface area contributed by atoms with Crippen molar-refractivity contribution in [1.82, 2.24) is 0 Å². The molecule has 0 saturated heterocycles. The molecule has 2 aromatic rings. The van der Waals surface area contributed by atoms with Crippen LogP contribution < -0.4 is 10.5 Å². The molecule has 0 aliphatic carbocycles. The van der Waals surface area contributed by atoms with Gasteiger partial charge in [-0.05, 0) is 24.6 Å². The van der Waals surface area contributed by atoms with Crippen LogP contribution in [-0.4, -0.2) is 5.84 Å². The van der Waals surface area contributed by atoms with Gasteiger partial charge in [-0.1, -0.05) is 47.5 Å². The van der Waals surface area contributed by atoms with Gasteiger partial charge in [-0.2, -0.15) is 0 Å². The number of amidine groups is 1. The van der Waals surface area contributed by atoms with Gasteiger partial charge in [0.25, 0.3) is 0 Å². The van der Waals surface area contributed by atoms with Crippen LogP contribution in [0.2, 0.25) is 5.02 Å². The number of benzene rings is 2. The number of nitrogens with one attached hydrogen (secondary N) is 1. The van der Waals surface area contributed by atoms with Gasteiger partial charge in [0.2, 0.25) is 0 Å². The van der Waals surface area contributed by atoms with E-state index in [0.29, 0.717) is 22.9 Å². The van der Waals surface area contributed by atoms with E-state index in [2.05, 4.69) is 6.07 Å². The SMILES string of the molecule is Cc1cccc(COc2cccc(Cl)c2C(=N)N)c1. The number of halogens is 1. The zero-order valence-corrected chi connectivity index (χ0v) is 11.4. The second kappa shape index (κ2) is 5.76. The summed E-state index contributed by atoms with van der Waals surface area (Å²) < 4.78 is 5.72. The van der Waals surface area contributed by atoms with E-state index in [4.69, 9.17) is 27.5 Å². The summed E-state index contributed by atoms with van der Waals surface area (Å²) in [5.41, 5.74) is 8.21. The van der Waals surface area contributed by atoms with Crippen LogP contribution >= 0.6 is 11.6 Å². The smallest absolute Gasteiger partial charge is 0.132 e. The van der Waals surface area contributed by atoms with Gasteiger partial charge in [0.05, 0.1) is 10.6 Å². The molecule has 0 aliphatic rings. The summed E-state index contributed by atoms with van der Waals surface area (Å²) in [6.07, 6.45) is 0. The normalized spacial score (nSPS) is 10.2. The third-order valence-electron chi connectivity index (χ3n) is 2.72. The van der Waals surface area contributed by atoms with Crippen LogP contribution in [0.15, 0.2) is 42.5 Å². The van der Waals surface area contributed by atoms with Crippen LogP contribution in [0.3, 0.4) is 0 Å². The quantitative estimate of drug-likeness (QED) is 0.662. The molecule has 4 heteroatoms. The lowest BCUT2D eigenvalue weighted by Gasteiger charge is -2.12. The number of nitrogens with two attached hydrogens (primary N) is 1. The van der Waals surface area contributed by atoms with Gasteiger partial charge >= 0.3 is 0 Å². The Hall–Kier alpha value is -2.00. The lowest BCUT2D eigenvalue weighted by molar-refractivity contribution is 0.305. The Morgan fingerprint density at radius 1 is 1.26 bits per heavy atom. The summed E-state index contributed by atoms with van der Waals surface area (Å²) in [4.78, 5) is 0. The van der Waals surface area contributed by atoms with E-state index in [9.17, 15) is 0 Å². The minimum atomic E-state index is -0.0927. The van der Waals surface area contributed by atoms with E-state index >= 15 is 0 Å². The Kier molecular flexibility index (Phi) is 4.07. The minimum absolute atomic E-state index is 0.0927. The van der Waals surface area contributed by atoms with E-state index in [0.717, 1.165) is 5.56 Å². The molecule has 98 valence electrons. The van der Waals surface area contributed by atoms with Gasteiger partial charge in [0.1, 0.15) is 18.2 Å². The number of hydrogen-bond acceptors (Lipinski definition) is 2. The predicted octanol–water partition coefficient (Wildman–Crippen LogP) is 3.51. The van der Waals surface area contributed by atoms with E-state index in [-0.39, 0.29) is 5.84 Å². The van der Waals surface area contributed by atoms with Crippen molar-refractivity contribution in [1.29, 1.82) is 5.41 Å². The van der Waals surface area contributed by atoms with Crippen LogP contribution in [0.1, 0.15) is 16.7 Å². The fourth-order valence-electron chi connectivity index (χ4n) is 1.85. The van der Waals surface area contributed by atoms with Crippen molar-refractivity contribution in [2.75, 3.05) is 0 Å². The number of hydrogen-bond donors (Lipinski definition) is 2. The third kappa shape index (κ3) is 3.26. The molecular weight excluding hydrogens is 260 g/mol. The molecule has 0 spiro atoms. The van der Waals surface area contributed by atoms with Crippen LogP contribution in [0.5, 0.6) is 5.75 Å². The third-order valence-corrected chi connectivity index (χ3v) is 3.04. The Balaban J connectivity index is 2.20. The van der Waals surface area contributed by atoms with Gasteiger partial charge in [-0.3, -0.25) is 5.41 Å². The van der Waals surface area contributed by atoms with Gasteiger partial charge in [0.15, 0.2) is 0 Å². The first-order valence-electron chi connectivity index (χ1n) is 5.89. The first kappa shape index (κ1) is 13.4. The Morgan fingerprint density at radius 2 is 2.00 bits per heavy atom. The molecule has 0 unspecified atom stereocenters. The number of rotatable bonds is 4. The summed E-state index contributed by atoms with van der Waals surface area (Å²) in [5, 5.41) is 7.97. The molecule has 2 aromatic carbocycles. The van der Waals surface area contributed by atoms with Crippen molar-refractivity contribution < 1.29 is 4.74 Å². The van der Waals surface area contributed by atoms with Gasteiger partial charge in [-0.15, -0.1) is 0 Å². The van der Waals surface area contributed by atoms with Crippen molar-refractivity contribution >= 4 is 17.4 Å². The summed E-state index contributed by atoms with van der Waals surface area (Å²) in [6.45, 7) is 2.45. The van der Waals surface area contributed by atoms with Crippen molar-refractivity contribution in [3.8, 4) is 5.75 Å². The Labute approximate surface area is 117 Å². The Bertz CT molecular complexity index is 611. The van der Waals surface area contributed by atoms with Gasteiger partial charge in [0, 0.05) is 0 Å². The molecule has 2 rings (SSSR count). The summed E-state index contributed by atoms with van der Waals surface area (Å²) in [7, 11) is 0. The highest BCUT2D eigenvalue weighted by atomic mass is 35.5. The van der Waals surface area contributed by atoms with E-state index in [1.807, 2.05) is 25.1 Å². The highest BCUT2D eigenvalue weighted by Gasteiger charge is 2.11. The second-order valence-electron chi connectivity index (χ2n) is 4.30. The lowest BCUT2D eigenvalue weighted by atomic mass is 10.1. The molecule has 0 amide bonds. The molecule has 0 radical (unpaired) electrons. The van der Waals surface area contributed by atoms with Crippen molar-refractivity contribution in [2.45, 2.75) is 13.5 Å². The zero-order valence-electron chi connectivity index (χ0n) is 10.6. The maximum absolute atomic E-state index is 7.55. The zero-order chi connectivity index (χ0) is 13.8. The largest absolute Gasteiger partial charge is 0.488 e.